The first-order valence-corrected chi connectivity index (χ1v) is 4.64. The molecule has 0 rings (SSSR count). The van der Waals surface area contributed by atoms with Crippen LogP contribution in [0, 0.1) is 5.92 Å². The fraction of sp³-hybridized carbons (Fsp3) is 1.00. The molecule has 2 nitrogen and oxygen atoms in total. The molecule has 0 radical (unpaired) electrons. The number of hydrogen-bond donors (Lipinski definition) is 2. The zero-order valence-corrected chi connectivity index (χ0v) is 7.84. The molecule has 0 spiro atoms. The molecule has 68 valence electrons. The van der Waals surface area contributed by atoms with Crippen molar-refractivity contribution >= 4 is 0 Å². The first kappa shape index (κ1) is 10.9. The molecule has 2 heteroatoms. The molecular formula is C9H22N2. The summed E-state index contributed by atoms with van der Waals surface area (Å²) in [6.07, 6.45) is 5.99. The summed E-state index contributed by atoms with van der Waals surface area (Å²) >= 11 is 0. The van der Waals surface area contributed by atoms with Gasteiger partial charge in [-0.15, -0.1) is 0 Å². The van der Waals surface area contributed by atoms with Gasteiger partial charge >= 0.3 is 0 Å². The van der Waals surface area contributed by atoms with E-state index in [0.717, 1.165) is 12.3 Å². The summed E-state index contributed by atoms with van der Waals surface area (Å²) in [4.78, 5) is 0. The van der Waals surface area contributed by atoms with Gasteiger partial charge in [-0.05, 0) is 12.3 Å². The van der Waals surface area contributed by atoms with E-state index in [4.69, 9.17) is 11.5 Å². The lowest BCUT2D eigenvalue weighted by molar-refractivity contribution is 0.502. The van der Waals surface area contributed by atoms with Gasteiger partial charge in [-0.25, -0.2) is 0 Å². The number of nitrogens with two attached hydrogens (primary N) is 2. The number of rotatable bonds is 6. The van der Waals surface area contributed by atoms with Gasteiger partial charge in [-0.3, -0.25) is 0 Å². The molecule has 11 heavy (non-hydrogen) atoms. The molecule has 0 fully saturated rings. The van der Waals surface area contributed by atoms with E-state index < -0.39 is 0 Å². The van der Waals surface area contributed by atoms with Crippen LogP contribution in [0.3, 0.4) is 0 Å². The smallest absolute Gasteiger partial charge is 0.0520 e. The molecule has 0 saturated heterocycles. The molecule has 0 unspecified atom stereocenters. The Morgan fingerprint density at radius 3 is 1.91 bits per heavy atom. The maximum absolute atomic E-state index is 5.41. The summed E-state index contributed by atoms with van der Waals surface area (Å²) in [5.74, 6) is 0.835. The highest BCUT2D eigenvalue weighted by Crippen LogP contribution is 2.09. The van der Waals surface area contributed by atoms with Gasteiger partial charge in [0.25, 0.3) is 0 Å². The second-order valence-corrected chi connectivity index (χ2v) is 3.70. The molecule has 0 bridgehead atoms. The van der Waals surface area contributed by atoms with Crippen molar-refractivity contribution in [2.45, 2.75) is 52.1 Å². The Morgan fingerprint density at radius 2 is 1.45 bits per heavy atom. The Bertz CT molecular complexity index is 69.6. The third-order valence-electron chi connectivity index (χ3n) is 1.82. The number of unbranched alkanes of at least 4 members (excludes halogenated alkanes) is 2. The Balaban J connectivity index is 2.91. The maximum Gasteiger partial charge on any atom is 0.0520 e. The molecule has 4 N–H and O–H groups in total. The molecular weight excluding hydrogens is 136 g/mol. The first-order chi connectivity index (χ1) is 5.13. The first-order valence-electron chi connectivity index (χ1n) is 4.64. The van der Waals surface area contributed by atoms with Crippen molar-refractivity contribution in [1.82, 2.24) is 0 Å². The molecule has 0 heterocycles. The Kier molecular flexibility index (Phi) is 6.57. The van der Waals surface area contributed by atoms with Crippen molar-refractivity contribution in [2.75, 3.05) is 0 Å². The largest absolute Gasteiger partial charge is 0.316 e. The van der Waals surface area contributed by atoms with E-state index in [1.165, 1.54) is 25.7 Å². The average molecular weight is 158 g/mol. The van der Waals surface area contributed by atoms with Crippen molar-refractivity contribution in [3.05, 3.63) is 0 Å². The van der Waals surface area contributed by atoms with E-state index in [1.54, 1.807) is 0 Å². The Labute approximate surface area is 70.3 Å². The lowest BCUT2D eigenvalue weighted by Crippen LogP contribution is -2.29. The molecule has 0 aliphatic rings. The van der Waals surface area contributed by atoms with Gasteiger partial charge < -0.3 is 11.5 Å². The van der Waals surface area contributed by atoms with Gasteiger partial charge in [0, 0.05) is 0 Å². The number of hydrogen-bond acceptors (Lipinski definition) is 2. The second-order valence-electron chi connectivity index (χ2n) is 3.70. The summed E-state index contributed by atoms with van der Waals surface area (Å²) in [7, 11) is 0. The van der Waals surface area contributed by atoms with Gasteiger partial charge in [-0.2, -0.15) is 0 Å². The lowest BCUT2D eigenvalue weighted by Gasteiger charge is -2.05. The highest BCUT2D eigenvalue weighted by atomic mass is 14.8. The Hall–Kier alpha value is -0.0800. The third-order valence-corrected chi connectivity index (χ3v) is 1.82. The van der Waals surface area contributed by atoms with Crippen LogP contribution in [-0.4, -0.2) is 6.17 Å². The van der Waals surface area contributed by atoms with Gasteiger partial charge in [0.05, 0.1) is 6.17 Å². The minimum absolute atomic E-state index is 0.103. The van der Waals surface area contributed by atoms with Crippen molar-refractivity contribution < 1.29 is 0 Å². The molecule has 0 aromatic carbocycles. The minimum atomic E-state index is -0.103. The van der Waals surface area contributed by atoms with Gasteiger partial charge in [-0.1, -0.05) is 39.5 Å². The fourth-order valence-electron chi connectivity index (χ4n) is 1.11. The van der Waals surface area contributed by atoms with Crippen LogP contribution in [0.2, 0.25) is 0 Å². The van der Waals surface area contributed by atoms with Crippen molar-refractivity contribution in [3.8, 4) is 0 Å². The van der Waals surface area contributed by atoms with Crippen molar-refractivity contribution in [3.63, 3.8) is 0 Å². The average Bonchev–Trinajstić information content (AvgIpc) is 1.85. The monoisotopic (exact) mass is 158 g/mol. The standard InChI is InChI=1S/C9H22N2/c1-8(2)6-4-3-5-7-9(10)11/h8-9H,3-7,10-11H2,1-2H3. The van der Waals surface area contributed by atoms with Crippen molar-refractivity contribution in [2.24, 2.45) is 17.4 Å². The predicted octanol–water partition coefficient (Wildman–Crippen LogP) is 1.84. The second kappa shape index (κ2) is 6.62. The van der Waals surface area contributed by atoms with Crippen LogP contribution in [0.4, 0.5) is 0 Å². The summed E-state index contributed by atoms with van der Waals surface area (Å²) in [6.45, 7) is 4.52. The van der Waals surface area contributed by atoms with E-state index in [0.29, 0.717) is 0 Å². The normalized spacial score (nSPS) is 11.5. The minimum Gasteiger partial charge on any atom is -0.316 e. The van der Waals surface area contributed by atoms with Crippen LogP contribution >= 0.6 is 0 Å². The van der Waals surface area contributed by atoms with Crippen LogP contribution < -0.4 is 11.5 Å². The van der Waals surface area contributed by atoms with E-state index >= 15 is 0 Å². The molecule has 0 aromatic rings. The van der Waals surface area contributed by atoms with Crippen molar-refractivity contribution in [1.29, 1.82) is 0 Å². The molecule has 0 amide bonds. The molecule has 0 saturated carbocycles. The summed E-state index contributed by atoms with van der Waals surface area (Å²) < 4.78 is 0. The van der Waals surface area contributed by atoms with Crippen LogP contribution in [-0.2, 0) is 0 Å². The molecule has 0 atom stereocenters. The SMILES string of the molecule is CC(C)CCCCCC(N)N. The fourth-order valence-corrected chi connectivity index (χ4v) is 1.11. The topological polar surface area (TPSA) is 52.0 Å². The zero-order valence-electron chi connectivity index (χ0n) is 7.84. The highest BCUT2D eigenvalue weighted by Gasteiger charge is 1.96. The lowest BCUT2D eigenvalue weighted by atomic mass is 10.0. The Morgan fingerprint density at radius 1 is 0.909 bits per heavy atom. The van der Waals surface area contributed by atoms with E-state index in [1.807, 2.05) is 0 Å². The predicted molar refractivity (Wildman–Crippen MR) is 50.1 cm³/mol. The van der Waals surface area contributed by atoms with Gasteiger partial charge in [0.1, 0.15) is 0 Å². The van der Waals surface area contributed by atoms with Crippen LogP contribution in [0.25, 0.3) is 0 Å². The third kappa shape index (κ3) is 9.92. The quantitative estimate of drug-likeness (QED) is 0.458. The highest BCUT2D eigenvalue weighted by molar-refractivity contribution is 4.52. The van der Waals surface area contributed by atoms with E-state index in [9.17, 15) is 0 Å². The zero-order chi connectivity index (χ0) is 8.69. The van der Waals surface area contributed by atoms with Crippen LogP contribution in [0.1, 0.15) is 46.0 Å². The van der Waals surface area contributed by atoms with Crippen LogP contribution in [0.15, 0.2) is 0 Å². The van der Waals surface area contributed by atoms with E-state index in [2.05, 4.69) is 13.8 Å². The molecule has 0 aliphatic heterocycles. The van der Waals surface area contributed by atoms with Gasteiger partial charge in [0.2, 0.25) is 0 Å². The molecule has 0 aromatic heterocycles. The maximum atomic E-state index is 5.41. The van der Waals surface area contributed by atoms with E-state index in [-0.39, 0.29) is 6.17 Å². The van der Waals surface area contributed by atoms with Gasteiger partial charge in [0.15, 0.2) is 0 Å². The molecule has 0 aliphatic carbocycles. The summed E-state index contributed by atoms with van der Waals surface area (Å²) in [6, 6.07) is 0. The summed E-state index contributed by atoms with van der Waals surface area (Å²) in [5, 5.41) is 0. The van der Waals surface area contributed by atoms with Crippen LogP contribution in [0.5, 0.6) is 0 Å². The summed E-state index contributed by atoms with van der Waals surface area (Å²) in [5.41, 5.74) is 10.8.